The van der Waals surface area contributed by atoms with Crippen molar-refractivity contribution in [1.29, 1.82) is 5.26 Å². The summed E-state index contributed by atoms with van der Waals surface area (Å²) in [5.41, 5.74) is 0.640. The Morgan fingerprint density at radius 1 is 1.48 bits per heavy atom. The zero-order chi connectivity index (χ0) is 17.0. The highest BCUT2D eigenvalue weighted by molar-refractivity contribution is 7.99. The van der Waals surface area contributed by atoms with Gasteiger partial charge in [-0.15, -0.1) is 5.10 Å². The van der Waals surface area contributed by atoms with E-state index in [1.165, 1.54) is 11.8 Å². The zero-order valence-corrected chi connectivity index (χ0v) is 14.4. The van der Waals surface area contributed by atoms with Gasteiger partial charge in [-0.25, -0.2) is 4.68 Å². The molecule has 0 spiro atoms. The molecule has 0 radical (unpaired) electrons. The van der Waals surface area contributed by atoms with Gasteiger partial charge in [-0.05, 0) is 49.4 Å². The Morgan fingerprint density at radius 3 is 2.83 bits per heavy atom. The number of aromatic nitrogens is 4. The van der Waals surface area contributed by atoms with Gasteiger partial charge >= 0.3 is 0 Å². The molecule has 1 amide bonds. The van der Waals surface area contributed by atoms with E-state index in [9.17, 15) is 4.79 Å². The predicted molar refractivity (Wildman–Crippen MR) is 88.3 cm³/mol. The van der Waals surface area contributed by atoms with Gasteiger partial charge in [0.2, 0.25) is 11.1 Å². The molecule has 2 aromatic rings. The van der Waals surface area contributed by atoms with Gasteiger partial charge in [-0.1, -0.05) is 23.4 Å². The van der Waals surface area contributed by atoms with E-state index in [-0.39, 0.29) is 17.2 Å². The van der Waals surface area contributed by atoms with E-state index in [1.54, 1.807) is 22.9 Å². The molecule has 0 aliphatic heterocycles. The van der Waals surface area contributed by atoms with Crippen LogP contribution >= 0.6 is 23.4 Å². The molecule has 0 saturated heterocycles. The number of hydrogen-bond acceptors (Lipinski definition) is 6. The smallest absolute Gasteiger partial charge is 0.234 e. The van der Waals surface area contributed by atoms with Gasteiger partial charge in [0.25, 0.3) is 0 Å². The lowest BCUT2D eigenvalue weighted by Gasteiger charge is -2.19. The molecule has 1 heterocycles. The third kappa shape index (κ3) is 4.43. The topological polar surface area (TPSA) is 96.5 Å². The van der Waals surface area contributed by atoms with Crippen molar-refractivity contribution in [2.24, 2.45) is 0 Å². The van der Waals surface area contributed by atoms with Gasteiger partial charge in [0.15, 0.2) is 0 Å². The average Bonchev–Trinajstić information content (AvgIpc) is 2.94. The second-order valence-electron chi connectivity index (χ2n) is 5.69. The minimum Gasteiger partial charge on any atom is -0.325 e. The van der Waals surface area contributed by atoms with Crippen LogP contribution in [0.3, 0.4) is 0 Å². The first-order valence-electron chi connectivity index (χ1n) is 6.72. The van der Waals surface area contributed by atoms with Crippen molar-refractivity contribution in [1.82, 2.24) is 20.2 Å². The van der Waals surface area contributed by atoms with Crippen LogP contribution in [0.25, 0.3) is 0 Å². The molecule has 9 heteroatoms. The molecule has 0 bridgehead atoms. The third-order valence-corrected chi connectivity index (χ3v) is 4.01. The Kier molecular flexibility index (Phi) is 5.23. The van der Waals surface area contributed by atoms with E-state index in [0.29, 0.717) is 21.4 Å². The van der Waals surface area contributed by atoms with E-state index in [2.05, 4.69) is 20.8 Å². The standard InChI is InChI=1S/C14H15ClN6OS/c1-14(2,3)21-13(18-19-20-21)23-8-12(22)17-10-5-4-9(7-16)11(15)6-10/h4-6H,8H2,1-3H3,(H,17,22). The maximum Gasteiger partial charge on any atom is 0.234 e. The number of anilines is 1. The molecule has 7 nitrogen and oxygen atoms in total. The fourth-order valence-electron chi connectivity index (χ4n) is 1.70. The minimum atomic E-state index is -0.261. The van der Waals surface area contributed by atoms with Crippen molar-refractivity contribution in [3.8, 4) is 6.07 Å². The molecule has 1 aromatic carbocycles. The van der Waals surface area contributed by atoms with E-state index < -0.39 is 0 Å². The number of nitrogens with zero attached hydrogens (tertiary/aromatic N) is 5. The fraction of sp³-hybridized carbons (Fsp3) is 0.357. The van der Waals surface area contributed by atoms with Crippen LogP contribution in [-0.2, 0) is 10.3 Å². The molecular weight excluding hydrogens is 336 g/mol. The minimum absolute atomic E-state index is 0.161. The number of amides is 1. The molecular formula is C14H15ClN6OS. The number of carbonyl (C=O) groups is 1. The Balaban J connectivity index is 1.98. The molecule has 0 saturated carbocycles. The summed E-state index contributed by atoms with van der Waals surface area (Å²) in [6.45, 7) is 5.94. The molecule has 2 rings (SSSR count). The number of nitriles is 1. The number of carbonyl (C=O) groups excluding carboxylic acids is 1. The normalized spacial score (nSPS) is 11.1. The second kappa shape index (κ2) is 6.98. The number of rotatable bonds is 4. The van der Waals surface area contributed by atoms with Crippen molar-refractivity contribution in [3.63, 3.8) is 0 Å². The summed E-state index contributed by atoms with van der Waals surface area (Å²) in [6, 6.07) is 6.70. The van der Waals surface area contributed by atoms with Gasteiger partial charge in [0.1, 0.15) is 6.07 Å². The number of hydrogen-bond donors (Lipinski definition) is 1. The summed E-state index contributed by atoms with van der Waals surface area (Å²) < 4.78 is 1.67. The largest absolute Gasteiger partial charge is 0.325 e. The van der Waals surface area contributed by atoms with Crippen molar-refractivity contribution in [2.75, 3.05) is 11.1 Å². The van der Waals surface area contributed by atoms with Crippen LogP contribution < -0.4 is 5.32 Å². The van der Waals surface area contributed by atoms with Gasteiger partial charge in [0.05, 0.1) is 21.9 Å². The molecule has 23 heavy (non-hydrogen) atoms. The predicted octanol–water partition coefficient (Wildman–Crippen LogP) is 2.68. The van der Waals surface area contributed by atoms with Crippen LogP contribution in [0.1, 0.15) is 26.3 Å². The third-order valence-electron chi connectivity index (χ3n) is 2.78. The highest BCUT2D eigenvalue weighted by Gasteiger charge is 2.20. The molecule has 0 atom stereocenters. The van der Waals surface area contributed by atoms with E-state index in [0.717, 1.165) is 0 Å². The van der Waals surface area contributed by atoms with Gasteiger partial charge in [-0.2, -0.15) is 5.26 Å². The number of halogens is 1. The monoisotopic (exact) mass is 350 g/mol. The summed E-state index contributed by atoms with van der Waals surface area (Å²) in [5, 5.41) is 23.9. The van der Waals surface area contributed by atoms with Gasteiger partial charge < -0.3 is 5.32 Å². The van der Waals surface area contributed by atoms with Crippen molar-refractivity contribution in [3.05, 3.63) is 28.8 Å². The average molecular weight is 351 g/mol. The lowest BCUT2D eigenvalue weighted by Crippen LogP contribution is -2.24. The highest BCUT2D eigenvalue weighted by atomic mass is 35.5. The Labute approximate surface area is 143 Å². The van der Waals surface area contributed by atoms with Crippen LogP contribution in [0.5, 0.6) is 0 Å². The first kappa shape index (κ1) is 17.2. The summed E-state index contributed by atoms with van der Waals surface area (Å²) in [7, 11) is 0. The quantitative estimate of drug-likeness (QED) is 0.851. The molecule has 0 fully saturated rings. The summed E-state index contributed by atoms with van der Waals surface area (Å²) >= 11 is 7.18. The van der Waals surface area contributed by atoms with Gasteiger partial charge in [-0.3, -0.25) is 4.79 Å². The van der Waals surface area contributed by atoms with Crippen LogP contribution in [-0.4, -0.2) is 31.9 Å². The first-order valence-corrected chi connectivity index (χ1v) is 8.09. The summed E-state index contributed by atoms with van der Waals surface area (Å²) in [4.78, 5) is 12.0. The van der Waals surface area contributed by atoms with Crippen LogP contribution in [0.4, 0.5) is 5.69 Å². The van der Waals surface area contributed by atoms with Crippen molar-refractivity contribution < 1.29 is 4.79 Å². The number of nitrogens with one attached hydrogen (secondary N) is 1. The van der Waals surface area contributed by atoms with E-state index >= 15 is 0 Å². The Hall–Kier alpha value is -2.11. The van der Waals surface area contributed by atoms with E-state index in [4.69, 9.17) is 16.9 Å². The van der Waals surface area contributed by atoms with Crippen LogP contribution in [0.15, 0.2) is 23.4 Å². The molecule has 0 unspecified atom stereocenters. The Bertz CT molecular complexity index is 761. The summed E-state index contributed by atoms with van der Waals surface area (Å²) in [6.07, 6.45) is 0. The summed E-state index contributed by atoms with van der Waals surface area (Å²) in [5.74, 6) is -0.0483. The molecule has 0 aliphatic rings. The first-order chi connectivity index (χ1) is 10.8. The fourth-order valence-corrected chi connectivity index (χ4v) is 2.78. The maximum atomic E-state index is 12.0. The number of tetrazole rings is 1. The lowest BCUT2D eigenvalue weighted by molar-refractivity contribution is -0.113. The van der Waals surface area contributed by atoms with Crippen molar-refractivity contribution in [2.45, 2.75) is 31.5 Å². The molecule has 1 N–H and O–H groups in total. The number of benzene rings is 1. The second-order valence-corrected chi connectivity index (χ2v) is 7.04. The highest BCUT2D eigenvalue weighted by Crippen LogP contribution is 2.23. The van der Waals surface area contributed by atoms with Crippen molar-refractivity contribution >= 4 is 35.0 Å². The lowest BCUT2D eigenvalue weighted by atomic mass is 10.1. The SMILES string of the molecule is CC(C)(C)n1nnnc1SCC(=O)Nc1ccc(C#N)c(Cl)c1. The molecule has 0 aliphatic carbocycles. The number of thioether (sulfide) groups is 1. The Morgan fingerprint density at radius 2 is 2.22 bits per heavy atom. The van der Waals surface area contributed by atoms with Crippen LogP contribution in [0, 0.1) is 11.3 Å². The van der Waals surface area contributed by atoms with E-state index in [1.807, 2.05) is 26.8 Å². The molecule has 1 aromatic heterocycles. The van der Waals surface area contributed by atoms with Crippen LogP contribution in [0.2, 0.25) is 5.02 Å². The maximum absolute atomic E-state index is 12.0. The zero-order valence-electron chi connectivity index (χ0n) is 12.9. The molecule has 120 valence electrons. The van der Waals surface area contributed by atoms with Gasteiger partial charge in [0, 0.05) is 5.69 Å².